The second-order valence-corrected chi connectivity index (χ2v) is 3.43. The van der Waals surface area contributed by atoms with Crippen LogP contribution in [-0.2, 0) is 4.74 Å². The van der Waals surface area contributed by atoms with Gasteiger partial charge in [0.05, 0.1) is 0 Å². The summed E-state index contributed by atoms with van der Waals surface area (Å²) in [5, 5.41) is 0. The maximum absolute atomic E-state index is 5.29. The monoisotopic (exact) mass is 185 g/mol. The number of ether oxygens (including phenoxy) is 1. The van der Waals surface area contributed by atoms with Gasteiger partial charge < -0.3 is 4.74 Å². The average Bonchev–Trinajstić information content (AvgIpc) is 2.10. The van der Waals surface area contributed by atoms with Crippen LogP contribution in [-0.4, -0.2) is 37.2 Å². The molecule has 0 heterocycles. The molecule has 0 aliphatic rings. The molecule has 78 valence electrons. The molecular weight excluding hydrogens is 162 g/mol. The number of hydrogen-bond donors (Lipinski definition) is 0. The Morgan fingerprint density at radius 3 is 2.62 bits per heavy atom. The zero-order chi connectivity index (χ0) is 10.1. The van der Waals surface area contributed by atoms with Gasteiger partial charge in [0.1, 0.15) is 0 Å². The second-order valence-electron chi connectivity index (χ2n) is 3.43. The van der Waals surface area contributed by atoms with Crippen LogP contribution >= 0.6 is 0 Å². The van der Waals surface area contributed by atoms with E-state index in [2.05, 4.69) is 25.3 Å². The number of hydrogen-bond acceptors (Lipinski definition) is 2. The van der Waals surface area contributed by atoms with Crippen LogP contribution in [0.5, 0.6) is 0 Å². The lowest BCUT2D eigenvalue weighted by molar-refractivity contribution is 0.128. The molecule has 0 radical (unpaired) electrons. The van der Waals surface area contributed by atoms with Gasteiger partial charge in [-0.15, -0.1) is 6.58 Å². The predicted molar refractivity (Wildman–Crippen MR) is 58.0 cm³/mol. The molecule has 0 aromatic carbocycles. The van der Waals surface area contributed by atoms with Gasteiger partial charge in [0.2, 0.25) is 0 Å². The predicted octanol–water partition coefficient (Wildman–Crippen LogP) is 2.31. The van der Waals surface area contributed by atoms with E-state index in [0.717, 1.165) is 32.7 Å². The summed E-state index contributed by atoms with van der Waals surface area (Å²) in [6, 6.07) is 0.597. The Labute approximate surface area is 82.6 Å². The molecule has 0 aliphatic heterocycles. The van der Waals surface area contributed by atoms with E-state index in [1.807, 2.05) is 13.0 Å². The van der Waals surface area contributed by atoms with Gasteiger partial charge in [0, 0.05) is 32.3 Å². The first-order chi connectivity index (χ1) is 6.22. The highest BCUT2D eigenvalue weighted by Crippen LogP contribution is 1.99. The zero-order valence-corrected chi connectivity index (χ0v) is 9.25. The molecule has 13 heavy (non-hydrogen) atoms. The minimum Gasteiger partial charge on any atom is -0.382 e. The van der Waals surface area contributed by atoms with Crippen molar-refractivity contribution in [2.75, 3.05) is 26.3 Å². The van der Waals surface area contributed by atoms with Crippen LogP contribution in [0.1, 0.15) is 27.2 Å². The lowest BCUT2D eigenvalue weighted by atomic mass is 10.3. The average molecular weight is 185 g/mol. The van der Waals surface area contributed by atoms with Crippen LogP contribution in [0.25, 0.3) is 0 Å². The van der Waals surface area contributed by atoms with Crippen LogP contribution < -0.4 is 0 Å². The van der Waals surface area contributed by atoms with Crippen LogP contribution in [0.15, 0.2) is 12.7 Å². The van der Waals surface area contributed by atoms with Crippen molar-refractivity contribution in [3.05, 3.63) is 12.7 Å². The summed E-state index contributed by atoms with van der Waals surface area (Å²) in [5.41, 5.74) is 0. The van der Waals surface area contributed by atoms with Crippen molar-refractivity contribution in [3.8, 4) is 0 Å². The topological polar surface area (TPSA) is 12.5 Å². The Bertz CT molecular complexity index is 123. The third-order valence-corrected chi connectivity index (χ3v) is 2.03. The number of nitrogens with zero attached hydrogens (tertiary/aromatic N) is 1. The van der Waals surface area contributed by atoms with Crippen molar-refractivity contribution in [2.24, 2.45) is 0 Å². The van der Waals surface area contributed by atoms with E-state index in [1.54, 1.807) is 0 Å². The SMILES string of the molecule is C=CCN(CCCOCC)C(C)C. The smallest absolute Gasteiger partial charge is 0.0478 e. The fourth-order valence-electron chi connectivity index (χ4n) is 1.24. The van der Waals surface area contributed by atoms with Gasteiger partial charge in [-0.25, -0.2) is 0 Å². The fraction of sp³-hybridized carbons (Fsp3) is 0.818. The zero-order valence-electron chi connectivity index (χ0n) is 9.25. The van der Waals surface area contributed by atoms with Gasteiger partial charge in [0.15, 0.2) is 0 Å². The van der Waals surface area contributed by atoms with Crippen molar-refractivity contribution < 1.29 is 4.74 Å². The van der Waals surface area contributed by atoms with E-state index in [0.29, 0.717) is 6.04 Å². The lowest BCUT2D eigenvalue weighted by Gasteiger charge is -2.24. The van der Waals surface area contributed by atoms with E-state index in [1.165, 1.54) is 0 Å². The third-order valence-electron chi connectivity index (χ3n) is 2.03. The molecule has 0 rings (SSSR count). The maximum Gasteiger partial charge on any atom is 0.0478 e. The van der Waals surface area contributed by atoms with Crippen LogP contribution in [0.3, 0.4) is 0 Å². The molecule has 0 atom stereocenters. The summed E-state index contributed by atoms with van der Waals surface area (Å²) in [6.07, 6.45) is 3.07. The first-order valence-corrected chi connectivity index (χ1v) is 5.15. The van der Waals surface area contributed by atoms with Crippen molar-refractivity contribution in [2.45, 2.75) is 33.2 Å². The minimum absolute atomic E-state index is 0.597. The van der Waals surface area contributed by atoms with Gasteiger partial charge in [-0.05, 0) is 27.2 Å². The highest BCUT2D eigenvalue weighted by Gasteiger charge is 2.05. The van der Waals surface area contributed by atoms with Crippen molar-refractivity contribution in [1.82, 2.24) is 4.90 Å². The molecule has 0 fully saturated rings. The van der Waals surface area contributed by atoms with Crippen LogP contribution in [0.2, 0.25) is 0 Å². The van der Waals surface area contributed by atoms with Gasteiger partial charge in [0.25, 0.3) is 0 Å². The van der Waals surface area contributed by atoms with Crippen molar-refractivity contribution in [3.63, 3.8) is 0 Å². The molecule has 0 aliphatic carbocycles. The molecule has 0 amide bonds. The highest BCUT2D eigenvalue weighted by atomic mass is 16.5. The molecule has 0 bridgehead atoms. The normalized spacial score (nSPS) is 11.2. The molecule has 0 saturated carbocycles. The van der Waals surface area contributed by atoms with E-state index < -0.39 is 0 Å². The second kappa shape index (κ2) is 8.27. The Morgan fingerprint density at radius 2 is 2.15 bits per heavy atom. The van der Waals surface area contributed by atoms with E-state index in [9.17, 15) is 0 Å². The quantitative estimate of drug-likeness (QED) is 0.425. The van der Waals surface area contributed by atoms with Crippen LogP contribution in [0.4, 0.5) is 0 Å². The van der Waals surface area contributed by atoms with Crippen molar-refractivity contribution >= 4 is 0 Å². The molecule has 0 saturated heterocycles. The summed E-state index contributed by atoms with van der Waals surface area (Å²) in [5.74, 6) is 0. The summed E-state index contributed by atoms with van der Waals surface area (Å²) < 4.78 is 5.29. The molecule has 0 N–H and O–H groups in total. The molecule has 0 aromatic rings. The van der Waals surface area contributed by atoms with Gasteiger partial charge in [-0.3, -0.25) is 4.90 Å². The largest absolute Gasteiger partial charge is 0.382 e. The number of rotatable bonds is 8. The molecule has 2 heteroatoms. The van der Waals surface area contributed by atoms with Gasteiger partial charge in [-0.2, -0.15) is 0 Å². The van der Waals surface area contributed by atoms with Gasteiger partial charge >= 0.3 is 0 Å². The summed E-state index contributed by atoms with van der Waals surface area (Å²) in [6.45, 7) is 14.0. The van der Waals surface area contributed by atoms with Crippen LogP contribution in [0, 0.1) is 0 Å². The first-order valence-electron chi connectivity index (χ1n) is 5.15. The van der Waals surface area contributed by atoms with Crippen molar-refractivity contribution in [1.29, 1.82) is 0 Å². The third kappa shape index (κ3) is 6.79. The molecule has 0 unspecified atom stereocenters. The Balaban J connectivity index is 3.50. The molecular formula is C11H23NO. The Kier molecular flexibility index (Phi) is 8.05. The standard InChI is InChI=1S/C11H23NO/c1-5-8-12(11(3)4)9-7-10-13-6-2/h5,11H,1,6-10H2,2-4H3. The maximum atomic E-state index is 5.29. The van der Waals surface area contributed by atoms with E-state index in [-0.39, 0.29) is 0 Å². The molecule has 2 nitrogen and oxygen atoms in total. The van der Waals surface area contributed by atoms with Gasteiger partial charge in [-0.1, -0.05) is 6.08 Å². The summed E-state index contributed by atoms with van der Waals surface area (Å²) >= 11 is 0. The summed E-state index contributed by atoms with van der Waals surface area (Å²) in [7, 11) is 0. The van der Waals surface area contributed by atoms with E-state index in [4.69, 9.17) is 4.74 Å². The molecule has 0 aromatic heterocycles. The Morgan fingerprint density at radius 1 is 1.46 bits per heavy atom. The fourth-order valence-corrected chi connectivity index (χ4v) is 1.24. The highest BCUT2D eigenvalue weighted by molar-refractivity contribution is 4.75. The molecule has 0 spiro atoms. The van der Waals surface area contributed by atoms with E-state index >= 15 is 0 Å². The summed E-state index contributed by atoms with van der Waals surface area (Å²) in [4.78, 5) is 2.39. The lowest BCUT2D eigenvalue weighted by Crippen LogP contribution is -2.32. The Hall–Kier alpha value is -0.340. The first kappa shape index (κ1) is 12.7. The minimum atomic E-state index is 0.597.